The summed E-state index contributed by atoms with van der Waals surface area (Å²) in [5.74, 6) is 0.858. The molecule has 0 radical (unpaired) electrons. The second-order valence-electron chi connectivity index (χ2n) is 3.92. The van der Waals surface area contributed by atoms with Crippen molar-refractivity contribution < 1.29 is 19.3 Å². The van der Waals surface area contributed by atoms with Gasteiger partial charge in [-0.3, -0.25) is 0 Å². The van der Waals surface area contributed by atoms with Crippen molar-refractivity contribution in [3.8, 4) is 17.2 Å². The van der Waals surface area contributed by atoms with Crippen LogP contribution < -0.4 is 14.8 Å². The summed E-state index contributed by atoms with van der Waals surface area (Å²) in [6.07, 6.45) is -0.201. The number of rotatable bonds is 3. The second-order valence-corrected chi connectivity index (χ2v) is 4.77. The molecular weight excluding hydrogens is 302 g/mol. The molecule has 1 fully saturated rings. The summed E-state index contributed by atoms with van der Waals surface area (Å²) in [5, 5.41) is 13.5. The number of morpholine rings is 1. The van der Waals surface area contributed by atoms with Gasteiger partial charge >= 0.3 is 0 Å². The van der Waals surface area contributed by atoms with Gasteiger partial charge in [0.05, 0.1) is 26.9 Å². The van der Waals surface area contributed by atoms with Crippen LogP contribution in [0.1, 0.15) is 11.7 Å². The van der Waals surface area contributed by atoms with Gasteiger partial charge in [-0.1, -0.05) is 15.9 Å². The van der Waals surface area contributed by atoms with Crippen molar-refractivity contribution in [3.63, 3.8) is 0 Å². The van der Waals surface area contributed by atoms with Gasteiger partial charge < -0.3 is 24.6 Å². The third-order valence-electron chi connectivity index (χ3n) is 2.88. The lowest BCUT2D eigenvalue weighted by Gasteiger charge is -2.26. The van der Waals surface area contributed by atoms with Gasteiger partial charge in [0.15, 0.2) is 11.5 Å². The molecule has 0 saturated carbocycles. The number of halogens is 1. The van der Waals surface area contributed by atoms with E-state index >= 15 is 0 Å². The zero-order chi connectivity index (χ0) is 13.1. The topological polar surface area (TPSA) is 60.0 Å². The number of nitrogens with one attached hydrogen (secondary N) is 1. The molecule has 1 heterocycles. The number of phenolic OH excluding ortho intramolecular Hbond substituents is 1. The second kappa shape index (κ2) is 5.77. The summed E-state index contributed by atoms with van der Waals surface area (Å²) in [7, 11) is 3.03. The van der Waals surface area contributed by atoms with Crippen LogP contribution in [-0.4, -0.2) is 39.0 Å². The Balaban J connectivity index is 2.46. The Kier molecular flexibility index (Phi) is 4.31. The lowest BCUT2D eigenvalue weighted by Crippen LogP contribution is -2.33. The van der Waals surface area contributed by atoms with Gasteiger partial charge in [0.1, 0.15) is 0 Å². The van der Waals surface area contributed by atoms with Gasteiger partial charge in [0.2, 0.25) is 5.75 Å². The third-order valence-corrected chi connectivity index (χ3v) is 3.54. The van der Waals surface area contributed by atoms with E-state index < -0.39 is 0 Å². The first-order valence-electron chi connectivity index (χ1n) is 5.64. The zero-order valence-electron chi connectivity index (χ0n) is 10.3. The maximum Gasteiger partial charge on any atom is 0.203 e. The van der Waals surface area contributed by atoms with Crippen LogP contribution in [0.15, 0.2) is 10.5 Å². The van der Waals surface area contributed by atoms with Gasteiger partial charge in [-0.25, -0.2) is 0 Å². The fourth-order valence-corrected chi connectivity index (χ4v) is 2.67. The summed E-state index contributed by atoms with van der Waals surface area (Å²) < 4.78 is 16.7. The lowest BCUT2D eigenvalue weighted by molar-refractivity contribution is 0.0256. The normalized spacial score (nSPS) is 19.6. The van der Waals surface area contributed by atoms with Crippen molar-refractivity contribution in [2.45, 2.75) is 6.10 Å². The summed E-state index contributed by atoms with van der Waals surface area (Å²) in [6.45, 7) is 2.09. The molecule has 2 rings (SSSR count). The average Bonchev–Trinajstić information content (AvgIpc) is 2.39. The minimum absolute atomic E-state index is 0.0532. The van der Waals surface area contributed by atoms with E-state index in [1.165, 1.54) is 14.2 Å². The van der Waals surface area contributed by atoms with Gasteiger partial charge in [-0.05, 0) is 6.07 Å². The molecule has 0 amide bonds. The molecule has 1 unspecified atom stereocenters. The molecule has 18 heavy (non-hydrogen) atoms. The van der Waals surface area contributed by atoms with Gasteiger partial charge in [0.25, 0.3) is 0 Å². The van der Waals surface area contributed by atoms with Crippen molar-refractivity contribution in [3.05, 3.63) is 16.1 Å². The molecule has 2 N–H and O–H groups in total. The first kappa shape index (κ1) is 13.5. The van der Waals surface area contributed by atoms with E-state index in [0.29, 0.717) is 30.2 Å². The SMILES string of the molecule is COc1cc(Br)c(C2CNCCO2)c(O)c1OC. The molecule has 6 heteroatoms. The number of benzene rings is 1. The van der Waals surface area contributed by atoms with E-state index in [0.717, 1.165) is 11.0 Å². The monoisotopic (exact) mass is 317 g/mol. The largest absolute Gasteiger partial charge is 0.504 e. The van der Waals surface area contributed by atoms with Crippen LogP contribution in [0.3, 0.4) is 0 Å². The maximum atomic E-state index is 10.3. The average molecular weight is 318 g/mol. The van der Waals surface area contributed by atoms with E-state index in [2.05, 4.69) is 21.2 Å². The van der Waals surface area contributed by atoms with Crippen LogP contribution in [0, 0.1) is 0 Å². The highest BCUT2D eigenvalue weighted by Crippen LogP contribution is 2.46. The minimum atomic E-state index is -0.201. The Hall–Kier alpha value is -0.980. The quantitative estimate of drug-likeness (QED) is 0.890. The summed E-state index contributed by atoms with van der Waals surface area (Å²) in [4.78, 5) is 0. The molecule has 100 valence electrons. The molecule has 1 aliphatic heterocycles. The van der Waals surface area contributed by atoms with Gasteiger partial charge in [-0.2, -0.15) is 0 Å². The summed E-state index contributed by atoms with van der Waals surface area (Å²) in [6, 6.07) is 1.77. The Bertz CT molecular complexity index is 433. The number of aromatic hydroxyl groups is 1. The van der Waals surface area contributed by atoms with Crippen LogP contribution in [0.4, 0.5) is 0 Å². The predicted molar refractivity (Wildman–Crippen MR) is 70.5 cm³/mol. The van der Waals surface area contributed by atoms with Gasteiger partial charge in [-0.15, -0.1) is 0 Å². The molecule has 1 saturated heterocycles. The molecule has 1 atom stereocenters. The number of hydrogen-bond donors (Lipinski definition) is 2. The fourth-order valence-electron chi connectivity index (χ4n) is 2.02. The minimum Gasteiger partial charge on any atom is -0.504 e. The molecule has 0 aromatic heterocycles. The number of hydrogen-bond acceptors (Lipinski definition) is 5. The van der Waals surface area contributed by atoms with Crippen molar-refractivity contribution >= 4 is 15.9 Å². The maximum absolute atomic E-state index is 10.3. The molecule has 1 aromatic rings. The summed E-state index contributed by atoms with van der Waals surface area (Å²) >= 11 is 3.43. The third kappa shape index (κ3) is 2.41. The van der Waals surface area contributed by atoms with E-state index in [1.54, 1.807) is 6.07 Å². The Morgan fingerprint density at radius 3 is 2.78 bits per heavy atom. The molecule has 0 spiro atoms. The Labute approximate surface area is 114 Å². The Morgan fingerprint density at radius 2 is 2.22 bits per heavy atom. The number of methoxy groups -OCH3 is 2. The van der Waals surface area contributed by atoms with Crippen molar-refractivity contribution in [2.24, 2.45) is 0 Å². The smallest absolute Gasteiger partial charge is 0.203 e. The fraction of sp³-hybridized carbons (Fsp3) is 0.500. The Morgan fingerprint density at radius 1 is 1.44 bits per heavy atom. The number of phenols is 1. The standard InChI is InChI=1S/C12H16BrNO4/c1-16-8-5-7(13)10(11(15)12(8)17-2)9-6-14-3-4-18-9/h5,9,14-15H,3-4,6H2,1-2H3. The van der Waals surface area contributed by atoms with Crippen LogP contribution >= 0.6 is 15.9 Å². The number of ether oxygens (including phenoxy) is 3. The van der Waals surface area contributed by atoms with E-state index in [-0.39, 0.29) is 11.9 Å². The van der Waals surface area contributed by atoms with E-state index in [4.69, 9.17) is 14.2 Å². The van der Waals surface area contributed by atoms with Crippen LogP contribution in [-0.2, 0) is 4.74 Å². The zero-order valence-corrected chi connectivity index (χ0v) is 11.9. The van der Waals surface area contributed by atoms with Crippen LogP contribution in [0.25, 0.3) is 0 Å². The van der Waals surface area contributed by atoms with E-state index in [9.17, 15) is 5.11 Å². The van der Waals surface area contributed by atoms with Gasteiger partial charge in [0, 0.05) is 23.1 Å². The van der Waals surface area contributed by atoms with Crippen molar-refractivity contribution in [1.82, 2.24) is 5.32 Å². The molecular formula is C12H16BrNO4. The van der Waals surface area contributed by atoms with Crippen molar-refractivity contribution in [1.29, 1.82) is 0 Å². The lowest BCUT2D eigenvalue weighted by atomic mass is 10.1. The first-order valence-corrected chi connectivity index (χ1v) is 6.44. The molecule has 0 bridgehead atoms. The molecule has 5 nitrogen and oxygen atoms in total. The molecule has 0 aliphatic carbocycles. The highest BCUT2D eigenvalue weighted by atomic mass is 79.9. The van der Waals surface area contributed by atoms with Crippen LogP contribution in [0.5, 0.6) is 17.2 Å². The highest BCUT2D eigenvalue weighted by Gasteiger charge is 2.26. The van der Waals surface area contributed by atoms with Crippen LogP contribution in [0.2, 0.25) is 0 Å². The molecule has 1 aromatic carbocycles. The first-order chi connectivity index (χ1) is 8.69. The summed E-state index contributed by atoms with van der Waals surface area (Å²) in [5.41, 5.74) is 0.680. The van der Waals surface area contributed by atoms with Crippen molar-refractivity contribution in [2.75, 3.05) is 33.9 Å². The predicted octanol–water partition coefficient (Wildman–Crippen LogP) is 1.83. The van der Waals surface area contributed by atoms with E-state index in [1.807, 2.05) is 0 Å². The molecule has 1 aliphatic rings. The highest BCUT2D eigenvalue weighted by molar-refractivity contribution is 9.10.